The molecule has 0 nitrogen and oxygen atoms in total. The van der Waals surface area contributed by atoms with E-state index in [2.05, 4.69) is 75.7 Å². The molecule has 0 unspecified atom stereocenters. The Morgan fingerprint density at radius 1 is 1.16 bits per heavy atom. The molecule has 0 saturated heterocycles. The fraction of sp³-hybridized carbons (Fsp3) is 0.167. The molecular formula is C18H19P. The Morgan fingerprint density at radius 3 is 2.21 bits per heavy atom. The van der Waals surface area contributed by atoms with Crippen LogP contribution < -0.4 is 10.6 Å². The molecule has 0 atom stereocenters. The van der Waals surface area contributed by atoms with Gasteiger partial charge in [0.2, 0.25) is 0 Å². The minimum absolute atomic E-state index is 1.14. The van der Waals surface area contributed by atoms with Crippen LogP contribution in [0, 0.1) is 0 Å². The summed E-state index contributed by atoms with van der Waals surface area (Å²) in [5.74, 6) is 2.43. The summed E-state index contributed by atoms with van der Waals surface area (Å²) in [4.78, 5) is 0. The van der Waals surface area contributed by atoms with Crippen molar-refractivity contribution in [2.45, 2.75) is 20.8 Å². The van der Waals surface area contributed by atoms with Gasteiger partial charge in [-0.3, -0.25) is 0 Å². The highest BCUT2D eigenvalue weighted by Gasteiger charge is 2.44. The lowest BCUT2D eigenvalue weighted by atomic mass is 10.1. The first-order chi connectivity index (χ1) is 9.11. The average Bonchev–Trinajstić information content (AvgIpc) is 3.07. The van der Waals surface area contributed by atoms with Gasteiger partial charge in [0, 0.05) is 0 Å². The predicted molar refractivity (Wildman–Crippen MR) is 89.1 cm³/mol. The molecule has 3 rings (SSSR count). The Kier molecular flexibility index (Phi) is 2.80. The maximum atomic E-state index is 4.02. The van der Waals surface area contributed by atoms with Crippen molar-refractivity contribution in [3.05, 3.63) is 71.6 Å². The molecule has 2 aliphatic rings. The summed E-state index contributed by atoms with van der Waals surface area (Å²) >= 11 is 0. The third-order valence-corrected chi connectivity index (χ3v) is 7.92. The first-order valence-corrected chi connectivity index (χ1v) is 8.53. The second kappa shape index (κ2) is 4.25. The van der Waals surface area contributed by atoms with Crippen molar-refractivity contribution in [2.24, 2.45) is 0 Å². The molecule has 1 aromatic carbocycles. The van der Waals surface area contributed by atoms with E-state index in [9.17, 15) is 0 Å². The lowest BCUT2D eigenvalue weighted by molar-refractivity contribution is 1.36. The Labute approximate surface area is 115 Å². The first kappa shape index (κ1) is 12.5. The van der Waals surface area contributed by atoms with Crippen molar-refractivity contribution >= 4 is 22.8 Å². The Morgan fingerprint density at radius 2 is 1.79 bits per heavy atom. The van der Waals surface area contributed by atoms with E-state index in [4.69, 9.17) is 0 Å². The summed E-state index contributed by atoms with van der Waals surface area (Å²) in [5.41, 5.74) is 3.78. The summed E-state index contributed by atoms with van der Waals surface area (Å²) in [6.45, 7) is 9.22. The van der Waals surface area contributed by atoms with Gasteiger partial charge in [0.25, 0.3) is 0 Å². The van der Waals surface area contributed by atoms with E-state index < -0.39 is 6.89 Å². The van der Waals surface area contributed by atoms with Gasteiger partial charge in [-0.15, -0.1) is 0 Å². The smallest absolute Gasteiger partial charge is 0.00769 e. The molecule has 0 fully saturated rings. The Hall–Kier alpha value is -1.52. The van der Waals surface area contributed by atoms with Gasteiger partial charge in [0.15, 0.2) is 0 Å². The number of rotatable bonds is 3. The topological polar surface area (TPSA) is 0 Å². The van der Waals surface area contributed by atoms with Gasteiger partial charge in [-0.05, 0) is 54.7 Å². The number of hydrogen-bond donors (Lipinski definition) is 0. The molecule has 0 radical (unpaired) electrons. The van der Waals surface area contributed by atoms with Gasteiger partial charge in [0.1, 0.15) is 0 Å². The van der Waals surface area contributed by atoms with E-state index in [1.54, 1.807) is 10.6 Å². The fourth-order valence-electron chi connectivity index (χ4n) is 2.67. The van der Waals surface area contributed by atoms with Crippen LogP contribution in [0.3, 0.4) is 0 Å². The maximum absolute atomic E-state index is 4.02. The number of allylic oxidation sites excluding steroid dienone is 6. The molecule has 1 aromatic rings. The second-order valence-corrected chi connectivity index (χ2v) is 8.45. The molecule has 0 N–H and O–H groups in total. The highest BCUT2D eigenvalue weighted by Crippen LogP contribution is 2.64. The summed E-state index contributed by atoms with van der Waals surface area (Å²) in [6, 6.07) is 8.88. The van der Waals surface area contributed by atoms with Gasteiger partial charge in [-0.2, -0.15) is 0 Å². The van der Waals surface area contributed by atoms with Gasteiger partial charge in [0.05, 0.1) is 0 Å². The second-order valence-electron chi connectivity index (χ2n) is 5.26. The van der Waals surface area contributed by atoms with Gasteiger partial charge >= 0.3 is 0 Å². The molecule has 0 aromatic heterocycles. The first-order valence-electron chi connectivity index (χ1n) is 6.68. The minimum Gasteiger partial charge on any atom is -0.0958 e. The molecule has 0 bridgehead atoms. The fourth-order valence-corrected chi connectivity index (χ4v) is 6.42. The lowest BCUT2D eigenvalue weighted by Gasteiger charge is -2.19. The van der Waals surface area contributed by atoms with Crippen LogP contribution in [0.5, 0.6) is 0 Å². The standard InChI is InChI=1S/C18H19P/c1-5-15(12-14(4)13(2)3)16-10-11-19(16)17-8-6-7-9-18(17)19/h5-12H,2H2,1,3-4H3/b14-12-,15-5+. The van der Waals surface area contributed by atoms with Crippen LogP contribution in [0.1, 0.15) is 20.8 Å². The zero-order valence-electron chi connectivity index (χ0n) is 11.8. The minimum atomic E-state index is -1.14. The maximum Gasteiger partial charge on any atom is -0.00769 e. The predicted octanol–water partition coefficient (Wildman–Crippen LogP) is 4.14. The Balaban J connectivity index is 2.06. The molecule has 0 aliphatic carbocycles. The molecule has 0 saturated carbocycles. The van der Waals surface area contributed by atoms with E-state index in [0.717, 1.165) is 5.57 Å². The molecule has 0 amide bonds. The van der Waals surface area contributed by atoms with Crippen molar-refractivity contribution < 1.29 is 0 Å². The quantitative estimate of drug-likeness (QED) is 0.570. The third-order valence-electron chi connectivity index (χ3n) is 4.08. The zero-order chi connectivity index (χ0) is 13.6. The number of hydrogen-bond acceptors (Lipinski definition) is 0. The number of fused-ring (bicyclic) bond motifs is 3. The van der Waals surface area contributed by atoms with Crippen LogP contribution in [0.25, 0.3) is 0 Å². The summed E-state index contributed by atoms with van der Waals surface area (Å²) in [7, 11) is 0. The van der Waals surface area contributed by atoms with Crippen LogP contribution in [0.4, 0.5) is 0 Å². The lowest BCUT2D eigenvalue weighted by Crippen LogP contribution is -2.05. The van der Waals surface area contributed by atoms with E-state index in [-0.39, 0.29) is 0 Å². The summed E-state index contributed by atoms with van der Waals surface area (Å²) in [6.07, 6.45) is 6.80. The summed E-state index contributed by atoms with van der Waals surface area (Å²) < 4.78 is 0. The normalized spacial score (nSPS) is 19.2. The SMILES string of the molecule is C=C(C)/C(C)=C\C(=C/C)C1=P2(C=C1)c1ccccc12. The van der Waals surface area contributed by atoms with Crippen molar-refractivity contribution in [1.29, 1.82) is 0 Å². The van der Waals surface area contributed by atoms with Gasteiger partial charge < -0.3 is 0 Å². The molecule has 96 valence electrons. The van der Waals surface area contributed by atoms with Crippen LogP contribution in [-0.4, -0.2) is 5.29 Å². The molecule has 1 spiro atoms. The van der Waals surface area contributed by atoms with Crippen molar-refractivity contribution in [1.82, 2.24) is 0 Å². The van der Waals surface area contributed by atoms with E-state index >= 15 is 0 Å². The molecule has 19 heavy (non-hydrogen) atoms. The van der Waals surface area contributed by atoms with Crippen LogP contribution in [-0.2, 0) is 0 Å². The molecule has 1 heteroatoms. The van der Waals surface area contributed by atoms with Crippen LogP contribution >= 0.6 is 6.89 Å². The number of benzene rings is 1. The van der Waals surface area contributed by atoms with Crippen molar-refractivity contribution in [3.63, 3.8) is 0 Å². The Bertz CT molecular complexity index is 697. The van der Waals surface area contributed by atoms with Crippen LogP contribution in [0.15, 0.2) is 71.6 Å². The molecule has 2 aliphatic heterocycles. The van der Waals surface area contributed by atoms with E-state index in [1.165, 1.54) is 16.4 Å². The third kappa shape index (κ3) is 1.67. The highest BCUT2D eigenvalue weighted by atomic mass is 31.2. The van der Waals surface area contributed by atoms with Crippen LogP contribution in [0.2, 0.25) is 0 Å². The summed E-state index contributed by atoms with van der Waals surface area (Å²) in [5, 5.41) is 4.69. The van der Waals surface area contributed by atoms with Gasteiger partial charge in [-0.25, -0.2) is 0 Å². The van der Waals surface area contributed by atoms with E-state index in [1.807, 2.05) is 0 Å². The monoisotopic (exact) mass is 266 g/mol. The zero-order valence-corrected chi connectivity index (χ0v) is 12.7. The average molecular weight is 266 g/mol. The van der Waals surface area contributed by atoms with Crippen molar-refractivity contribution in [3.8, 4) is 0 Å². The van der Waals surface area contributed by atoms with Crippen molar-refractivity contribution in [2.75, 3.05) is 0 Å². The van der Waals surface area contributed by atoms with Gasteiger partial charge in [-0.1, -0.05) is 60.5 Å². The molecule has 2 heterocycles. The highest BCUT2D eigenvalue weighted by molar-refractivity contribution is 8.03. The molecular weight excluding hydrogens is 247 g/mol. The van der Waals surface area contributed by atoms with E-state index in [0.29, 0.717) is 0 Å². The largest absolute Gasteiger partial charge is 0.0958 e.